The lowest BCUT2D eigenvalue weighted by molar-refractivity contribution is -0.156. The number of anilines is 1. The molecule has 0 bridgehead atoms. The van der Waals surface area contributed by atoms with E-state index in [2.05, 4.69) is 31.9 Å². The summed E-state index contributed by atoms with van der Waals surface area (Å²) in [5.41, 5.74) is 2.05. The number of carbonyl (C=O) groups is 13. The van der Waals surface area contributed by atoms with Gasteiger partial charge in [-0.2, -0.15) is 0 Å². The maximum absolute atomic E-state index is 14.3. The smallest absolute Gasteiger partial charge is 0.317 e. The first-order valence-corrected chi connectivity index (χ1v) is 28.0. The number of aryl methyl sites for hydroxylation is 1. The number of amides is 8. The number of hydrogen-bond donors (Lipinski definition) is 11. The average molecular weight is 1190 g/mol. The molecule has 7 atom stereocenters. The monoisotopic (exact) mass is 1180 g/mol. The molecule has 462 valence electrons. The van der Waals surface area contributed by atoms with E-state index in [1.54, 1.807) is 45.6 Å². The number of aliphatic hydroxyl groups is 1. The standard InChI is InChI=1S/C53H76N12O19/c1-3-30(2)45(49(77)57-34-8-7-31-5-4-6-32-23-37(65(46(31)32)50(34)78)48(76)58-36-25-44(74)84-53(36)83)59-39(67)10-11-54-38(66)9-12-55-47(75)35(24-33(51(79)80)52(81)82)56-40(68)26-60-19-21-64(22-20-60)41(69)27-61-13-15-62(28-42(70)71)17-18-63(16-14-61)29-43(72)73/h4-6,30,33-37,45,53,83H,3,7-29H2,1-2H3,(H,54,66)(H,55,75)(H,56,68)(H,57,77)(H,58,76)(H,59,67)(H,70,71)(H,72,73)(H,79,80)(H,81,82)/t30-,34-,35-,36?,37-,45-,53?/m0/s1. The highest BCUT2D eigenvalue weighted by Crippen LogP contribution is 2.39. The van der Waals surface area contributed by atoms with Gasteiger partial charge in [0.25, 0.3) is 0 Å². The van der Waals surface area contributed by atoms with Gasteiger partial charge in [0.15, 0.2) is 5.92 Å². The Morgan fingerprint density at radius 2 is 1.21 bits per heavy atom. The van der Waals surface area contributed by atoms with Crippen LogP contribution in [0.4, 0.5) is 5.69 Å². The molecular weight excluding hydrogens is 1110 g/mol. The van der Waals surface area contributed by atoms with Crippen molar-refractivity contribution in [1.29, 1.82) is 0 Å². The van der Waals surface area contributed by atoms with E-state index in [1.807, 2.05) is 11.0 Å². The highest BCUT2D eigenvalue weighted by molar-refractivity contribution is 6.08. The van der Waals surface area contributed by atoms with Crippen LogP contribution in [0.15, 0.2) is 18.2 Å². The van der Waals surface area contributed by atoms with E-state index in [4.69, 9.17) is 4.74 Å². The Morgan fingerprint density at radius 1 is 0.655 bits per heavy atom. The number of piperazine rings is 1. The summed E-state index contributed by atoms with van der Waals surface area (Å²) in [7, 11) is 0. The van der Waals surface area contributed by atoms with Gasteiger partial charge in [-0.05, 0) is 29.9 Å². The fraction of sp³-hybridized carbons (Fsp3) is 0.642. The number of benzene rings is 1. The van der Waals surface area contributed by atoms with E-state index in [-0.39, 0.29) is 103 Å². The molecule has 6 rings (SSSR count). The van der Waals surface area contributed by atoms with Crippen molar-refractivity contribution < 1.29 is 92.6 Å². The lowest BCUT2D eigenvalue weighted by atomic mass is 9.97. The zero-order valence-electron chi connectivity index (χ0n) is 47.0. The van der Waals surface area contributed by atoms with Gasteiger partial charge in [0.1, 0.15) is 30.2 Å². The van der Waals surface area contributed by atoms with Crippen molar-refractivity contribution in [3.63, 3.8) is 0 Å². The van der Waals surface area contributed by atoms with Crippen LogP contribution in [0, 0.1) is 11.8 Å². The molecule has 31 nitrogen and oxygen atoms in total. The first-order chi connectivity index (χ1) is 39.9. The maximum Gasteiger partial charge on any atom is 0.317 e. The van der Waals surface area contributed by atoms with Crippen LogP contribution < -0.4 is 36.8 Å². The molecule has 1 aromatic carbocycles. The fourth-order valence-electron chi connectivity index (χ4n) is 10.7. The van der Waals surface area contributed by atoms with Crippen molar-refractivity contribution >= 4 is 82.8 Å². The number of cyclic esters (lactones) is 1. The Bertz CT molecular complexity index is 2610. The number of rotatable bonds is 27. The van der Waals surface area contributed by atoms with Crippen LogP contribution in [0.3, 0.4) is 0 Å². The van der Waals surface area contributed by atoms with Gasteiger partial charge in [-0.25, -0.2) is 0 Å². The molecule has 8 amide bonds. The van der Waals surface area contributed by atoms with Crippen LogP contribution in [0.25, 0.3) is 0 Å². The average Bonchev–Trinajstić information content (AvgIpc) is 2.66. The summed E-state index contributed by atoms with van der Waals surface area (Å²) in [6.07, 6.45) is -2.22. The number of esters is 1. The quantitative estimate of drug-likeness (QED) is 0.0289. The number of nitrogens with zero attached hydrogens (tertiary/aromatic N) is 6. The molecule has 5 aliphatic heterocycles. The van der Waals surface area contributed by atoms with E-state index in [9.17, 15) is 87.9 Å². The molecule has 1 aromatic rings. The third kappa shape index (κ3) is 18.6. The number of nitrogens with one attached hydrogen (secondary N) is 6. The molecule has 2 unspecified atom stereocenters. The highest BCUT2D eigenvalue weighted by Gasteiger charge is 2.46. The Morgan fingerprint density at radius 3 is 1.79 bits per heavy atom. The largest absolute Gasteiger partial charge is 0.481 e. The van der Waals surface area contributed by atoms with Crippen LogP contribution in [0.2, 0.25) is 0 Å². The van der Waals surface area contributed by atoms with Crippen LogP contribution in [-0.4, -0.2) is 268 Å². The number of aliphatic hydroxyl groups excluding tert-OH is 1. The van der Waals surface area contributed by atoms with Gasteiger partial charge in [-0.1, -0.05) is 38.5 Å². The Labute approximate surface area is 483 Å². The van der Waals surface area contributed by atoms with E-state index >= 15 is 0 Å². The number of para-hydroxylation sites is 1. The van der Waals surface area contributed by atoms with Crippen molar-refractivity contribution in [2.24, 2.45) is 11.8 Å². The molecule has 3 fully saturated rings. The third-order valence-corrected chi connectivity index (χ3v) is 15.6. The van der Waals surface area contributed by atoms with Crippen LogP contribution >= 0.6 is 0 Å². The topological polar surface area (TPSA) is 424 Å². The van der Waals surface area contributed by atoms with Crippen LogP contribution in [0.1, 0.15) is 63.5 Å². The molecule has 0 saturated carbocycles. The first kappa shape index (κ1) is 65.3. The zero-order valence-corrected chi connectivity index (χ0v) is 47.0. The van der Waals surface area contributed by atoms with Crippen molar-refractivity contribution in [2.75, 3.05) is 110 Å². The normalized spacial score (nSPS) is 21.7. The minimum absolute atomic E-state index is 0.0239. The van der Waals surface area contributed by atoms with Gasteiger partial charge in [-0.3, -0.25) is 86.8 Å². The van der Waals surface area contributed by atoms with E-state index in [0.29, 0.717) is 57.8 Å². The zero-order chi connectivity index (χ0) is 61.4. The second-order valence-electron chi connectivity index (χ2n) is 21.6. The molecule has 5 heterocycles. The molecule has 0 radical (unpaired) electrons. The molecule has 0 aliphatic carbocycles. The summed E-state index contributed by atoms with van der Waals surface area (Å²) in [6.45, 7) is 5.02. The molecular formula is C53H76N12O19. The lowest BCUT2D eigenvalue weighted by Crippen LogP contribution is -2.59. The Balaban J connectivity index is 0.946. The van der Waals surface area contributed by atoms with Crippen LogP contribution in [-0.2, 0) is 79.9 Å². The minimum atomic E-state index is -2.10. The van der Waals surface area contributed by atoms with Gasteiger partial charge < -0.3 is 67.1 Å². The fourth-order valence-corrected chi connectivity index (χ4v) is 10.7. The molecule has 0 aromatic heterocycles. The van der Waals surface area contributed by atoms with E-state index in [0.717, 1.165) is 11.1 Å². The number of carbonyl (C=O) groups excluding carboxylic acids is 9. The van der Waals surface area contributed by atoms with Crippen molar-refractivity contribution in [1.82, 2.24) is 56.4 Å². The predicted molar refractivity (Wildman–Crippen MR) is 290 cm³/mol. The summed E-state index contributed by atoms with van der Waals surface area (Å²) in [5, 5.41) is 63.5. The first-order valence-electron chi connectivity index (χ1n) is 28.0. The molecule has 11 N–H and O–H groups in total. The van der Waals surface area contributed by atoms with Gasteiger partial charge >= 0.3 is 29.8 Å². The number of aliphatic carboxylic acids is 4. The predicted octanol–water partition coefficient (Wildman–Crippen LogP) is -5.44. The highest BCUT2D eigenvalue weighted by atomic mass is 16.6. The van der Waals surface area contributed by atoms with Crippen molar-refractivity contribution in [3.8, 4) is 0 Å². The van der Waals surface area contributed by atoms with Gasteiger partial charge in [0.05, 0.1) is 38.3 Å². The number of hydrogen-bond acceptors (Lipinski definition) is 19. The maximum atomic E-state index is 14.3. The summed E-state index contributed by atoms with van der Waals surface area (Å²) in [5.74, 6) is -13.9. The molecule has 31 heteroatoms. The van der Waals surface area contributed by atoms with Gasteiger partial charge in [0, 0.05) is 104 Å². The number of carboxylic acid groups (broad SMARTS) is 4. The minimum Gasteiger partial charge on any atom is -0.481 e. The second-order valence-corrected chi connectivity index (χ2v) is 21.6. The second kappa shape index (κ2) is 30.6. The summed E-state index contributed by atoms with van der Waals surface area (Å²) in [6, 6.07) is -0.580. The van der Waals surface area contributed by atoms with Crippen molar-refractivity contribution in [2.45, 2.75) is 102 Å². The molecule has 5 aliphatic rings. The van der Waals surface area contributed by atoms with Crippen molar-refractivity contribution in [3.05, 3.63) is 29.3 Å². The Hall–Kier alpha value is -7.87. The molecule has 3 saturated heterocycles. The number of ether oxygens (including phenoxy) is 1. The van der Waals surface area contributed by atoms with Gasteiger partial charge in [0.2, 0.25) is 53.5 Å². The Kier molecular flexibility index (Phi) is 23.8. The molecule has 0 spiro atoms. The lowest BCUT2D eigenvalue weighted by Gasteiger charge is -2.36. The van der Waals surface area contributed by atoms with E-state index in [1.165, 1.54) is 4.90 Å². The number of carboxylic acids is 4. The summed E-state index contributed by atoms with van der Waals surface area (Å²) < 4.78 is 4.75. The SMILES string of the molecule is CC[C@H](C)[C@H](NC(=O)CCNC(=O)CCNC(=O)[C@H](CC(C(=O)O)C(=O)O)NC(=O)CN1CCN(C(=O)CN2CCN(CC(=O)O)CCN(CC(=O)O)CC2)CC1)C(=O)N[C@H]1CCc2cccc3c2N(C1=O)[C@H](C(=O)NC1CC(=O)OC1O)C3. The van der Waals surface area contributed by atoms with E-state index < -0.39 is 126 Å². The van der Waals surface area contributed by atoms with Crippen LogP contribution in [0.5, 0.6) is 0 Å². The molecule has 84 heavy (non-hydrogen) atoms. The third-order valence-electron chi connectivity index (χ3n) is 15.6. The summed E-state index contributed by atoms with van der Waals surface area (Å²) >= 11 is 0. The summed E-state index contributed by atoms with van der Waals surface area (Å²) in [4.78, 5) is 176. The van der Waals surface area contributed by atoms with Gasteiger partial charge in [-0.15, -0.1) is 0 Å².